The molecule has 0 saturated carbocycles. The van der Waals surface area contributed by atoms with Gasteiger partial charge in [0.05, 0.1) is 37.0 Å². The topological polar surface area (TPSA) is 95.5 Å². The van der Waals surface area contributed by atoms with Crippen molar-refractivity contribution in [3.63, 3.8) is 0 Å². The third kappa shape index (κ3) is 6.66. The molecule has 0 aliphatic heterocycles. The first-order valence-corrected chi connectivity index (χ1v) is 13.0. The number of hydrogen-bond acceptors (Lipinski definition) is 4. The van der Waals surface area contributed by atoms with E-state index in [1.165, 1.54) is 17.3 Å². The summed E-state index contributed by atoms with van der Waals surface area (Å²) in [5, 5.41) is 13.8. The molecule has 6 nitrogen and oxygen atoms in total. The summed E-state index contributed by atoms with van der Waals surface area (Å²) < 4.78 is 0. The van der Waals surface area contributed by atoms with E-state index < -0.39 is 23.0 Å². The van der Waals surface area contributed by atoms with Gasteiger partial charge in [0.2, 0.25) is 5.91 Å². The van der Waals surface area contributed by atoms with Crippen molar-refractivity contribution < 1.29 is 19.5 Å². The summed E-state index contributed by atoms with van der Waals surface area (Å²) in [5.74, 6) is -1.84. The van der Waals surface area contributed by atoms with Crippen LogP contribution in [0, 0.1) is 0 Å². The number of halogens is 4. The van der Waals surface area contributed by atoms with Crippen LogP contribution in [0.5, 0.6) is 0 Å². The van der Waals surface area contributed by atoms with Crippen LogP contribution >= 0.6 is 58.2 Å². The molecule has 0 unspecified atom stereocenters. The number of benzene rings is 3. The van der Waals surface area contributed by atoms with Crippen LogP contribution in [0.25, 0.3) is 0 Å². The first kappa shape index (κ1) is 28.2. The van der Waals surface area contributed by atoms with Crippen molar-refractivity contribution in [3.05, 3.63) is 85.3 Å². The van der Waals surface area contributed by atoms with Crippen LogP contribution < -0.4 is 10.6 Å². The molecule has 0 atom stereocenters. The zero-order chi connectivity index (χ0) is 26.6. The van der Waals surface area contributed by atoms with Crippen molar-refractivity contribution >= 4 is 87.3 Å². The third-order valence-corrected chi connectivity index (χ3v) is 7.87. The SMILES string of the molecule is CC(C)c1ccc(NC(=O)CSc2ccc(NC(=O)c3c(Cl)c(Cl)c(Cl)c(Cl)c3C(=O)O)cc2)cc1. The lowest BCUT2D eigenvalue weighted by Crippen LogP contribution is -2.18. The van der Waals surface area contributed by atoms with E-state index in [0.717, 1.165) is 10.6 Å². The Hall–Kier alpha value is -2.42. The molecule has 0 aromatic heterocycles. The van der Waals surface area contributed by atoms with Gasteiger partial charge in [-0.05, 0) is 47.9 Å². The molecule has 2 amide bonds. The summed E-state index contributed by atoms with van der Waals surface area (Å²) in [5.41, 5.74) is 1.34. The lowest BCUT2D eigenvalue weighted by Gasteiger charge is -2.14. The number of rotatable bonds is 8. The van der Waals surface area contributed by atoms with Gasteiger partial charge in [-0.1, -0.05) is 72.4 Å². The summed E-state index contributed by atoms with van der Waals surface area (Å²) in [4.78, 5) is 37.6. The van der Waals surface area contributed by atoms with E-state index in [0.29, 0.717) is 11.6 Å². The molecule has 0 aliphatic carbocycles. The van der Waals surface area contributed by atoms with Crippen LogP contribution in [0.15, 0.2) is 53.4 Å². The van der Waals surface area contributed by atoms with E-state index in [2.05, 4.69) is 24.5 Å². The zero-order valence-corrected chi connectivity index (χ0v) is 22.8. The van der Waals surface area contributed by atoms with Crippen LogP contribution in [0.2, 0.25) is 20.1 Å². The molecule has 3 aromatic rings. The molecule has 3 rings (SSSR count). The van der Waals surface area contributed by atoms with Gasteiger partial charge in [0.1, 0.15) is 0 Å². The van der Waals surface area contributed by atoms with Crippen molar-refractivity contribution in [2.75, 3.05) is 16.4 Å². The summed E-state index contributed by atoms with van der Waals surface area (Å²) in [6.07, 6.45) is 0. The maximum absolute atomic E-state index is 12.8. The Morgan fingerprint density at radius 1 is 0.778 bits per heavy atom. The van der Waals surface area contributed by atoms with Gasteiger partial charge in [-0.3, -0.25) is 9.59 Å². The Labute approximate surface area is 232 Å². The lowest BCUT2D eigenvalue weighted by atomic mass is 10.0. The molecule has 36 heavy (non-hydrogen) atoms. The van der Waals surface area contributed by atoms with E-state index in [1.54, 1.807) is 24.3 Å². The molecule has 0 bridgehead atoms. The van der Waals surface area contributed by atoms with Crippen LogP contribution in [0.3, 0.4) is 0 Å². The Balaban J connectivity index is 1.64. The molecule has 0 fully saturated rings. The average Bonchev–Trinajstić information content (AvgIpc) is 2.84. The molecule has 0 aliphatic rings. The fourth-order valence-corrected chi connectivity index (χ4v) is 4.89. The zero-order valence-electron chi connectivity index (χ0n) is 19.0. The maximum Gasteiger partial charge on any atom is 0.338 e. The van der Waals surface area contributed by atoms with Crippen molar-refractivity contribution in [2.24, 2.45) is 0 Å². The molecular weight excluding hydrogens is 566 g/mol. The van der Waals surface area contributed by atoms with Crippen molar-refractivity contribution in [2.45, 2.75) is 24.7 Å². The highest BCUT2D eigenvalue weighted by atomic mass is 35.5. The fourth-order valence-electron chi connectivity index (χ4n) is 3.17. The minimum absolute atomic E-state index is 0.151. The highest BCUT2D eigenvalue weighted by Crippen LogP contribution is 2.41. The number of anilines is 2. The number of amides is 2. The van der Waals surface area contributed by atoms with Crippen LogP contribution in [-0.2, 0) is 4.79 Å². The summed E-state index contributed by atoms with van der Waals surface area (Å²) in [7, 11) is 0. The number of carboxylic acid groups (broad SMARTS) is 1. The molecular formula is C25H20Cl4N2O4S. The predicted molar refractivity (Wildman–Crippen MR) is 148 cm³/mol. The van der Waals surface area contributed by atoms with Gasteiger partial charge < -0.3 is 15.7 Å². The molecule has 0 saturated heterocycles. The summed E-state index contributed by atoms with van der Waals surface area (Å²) in [6.45, 7) is 4.21. The number of aromatic carboxylic acids is 1. The second-order valence-corrected chi connectivity index (χ2v) is 10.5. The molecule has 0 radical (unpaired) electrons. The highest BCUT2D eigenvalue weighted by Gasteiger charge is 2.28. The molecule has 11 heteroatoms. The fraction of sp³-hybridized carbons (Fsp3) is 0.160. The van der Waals surface area contributed by atoms with E-state index in [4.69, 9.17) is 46.4 Å². The number of thioether (sulfide) groups is 1. The largest absolute Gasteiger partial charge is 0.478 e. The second kappa shape index (κ2) is 12.2. The maximum atomic E-state index is 12.8. The standard InChI is InChI=1S/C25H20Cl4N2O4S/c1-12(2)13-3-5-14(6-4-13)30-17(32)11-36-16-9-7-15(8-10-16)31-24(33)18-19(25(34)35)21(27)23(29)22(28)20(18)26/h3-10,12H,11H2,1-2H3,(H,30,32)(H,31,33)(H,34,35). The van der Waals surface area contributed by atoms with Gasteiger partial charge in [-0.2, -0.15) is 0 Å². The Bertz CT molecular complexity index is 1310. The Kier molecular flexibility index (Phi) is 9.55. The third-order valence-electron chi connectivity index (χ3n) is 5.05. The monoisotopic (exact) mass is 584 g/mol. The molecule has 188 valence electrons. The minimum atomic E-state index is -1.48. The number of carbonyl (C=O) groups excluding carboxylic acids is 2. The Morgan fingerprint density at radius 3 is 1.81 bits per heavy atom. The average molecular weight is 586 g/mol. The summed E-state index contributed by atoms with van der Waals surface area (Å²) >= 11 is 25.4. The minimum Gasteiger partial charge on any atom is -0.478 e. The smallest absolute Gasteiger partial charge is 0.338 e. The van der Waals surface area contributed by atoms with Crippen LogP contribution in [-0.4, -0.2) is 28.6 Å². The molecule has 0 heterocycles. The number of nitrogens with one attached hydrogen (secondary N) is 2. The number of carbonyl (C=O) groups is 3. The summed E-state index contributed by atoms with van der Waals surface area (Å²) in [6, 6.07) is 14.4. The lowest BCUT2D eigenvalue weighted by molar-refractivity contribution is -0.113. The predicted octanol–water partition coefficient (Wildman–Crippen LogP) is 8.10. The van der Waals surface area contributed by atoms with E-state index in [1.807, 2.05) is 24.3 Å². The molecule has 3 N–H and O–H groups in total. The van der Waals surface area contributed by atoms with Crippen LogP contribution in [0.1, 0.15) is 46.0 Å². The highest BCUT2D eigenvalue weighted by molar-refractivity contribution is 8.00. The Morgan fingerprint density at radius 2 is 1.28 bits per heavy atom. The van der Waals surface area contributed by atoms with Crippen LogP contribution in [0.4, 0.5) is 11.4 Å². The van der Waals surface area contributed by atoms with Crippen molar-refractivity contribution in [1.82, 2.24) is 0 Å². The van der Waals surface area contributed by atoms with Gasteiger partial charge in [0, 0.05) is 16.3 Å². The second-order valence-electron chi connectivity index (χ2n) is 7.90. The van der Waals surface area contributed by atoms with Gasteiger partial charge in [-0.15, -0.1) is 11.8 Å². The molecule has 3 aromatic carbocycles. The van der Waals surface area contributed by atoms with E-state index in [9.17, 15) is 19.5 Å². The van der Waals surface area contributed by atoms with Gasteiger partial charge >= 0.3 is 5.97 Å². The number of carboxylic acids is 1. The normalized spacial score (nSPS) is 10.9. The van der Waals surface area contributed by atoms with Crippen molar-refractivity contribution in [1.29, 1.82) is 0 Å². The van der Waals surface area contributed by atoms with Crippen molar-refractivity contribution in [3.8, 4) is 0 Å². The quantitative estimate of drug-likeness (QED) is 0.141. The van der Waals surface area contributed by atoms with E-state index >= 15 is 0 Å². The van der Waals surface area contributed by atoms with Gasteiger partial charge in [0.15, 0.2) is 0 Å². The van der Waals surface area contributed by atoms with Gasteiger partial charge in [-0.25, -0.2) is 4.79 Å². The first-order chi connectivity index (χ1) is 17.0. The number of hydrogen-bond donors (Lipinski definition) is 3. The van der Waals surface area contributed by atoms with E-state index in [-0.39, 0.29) is 31.8 Å². The molecule has 0 spiro atoms. The van der Waals surface area contributed by atoms with Gasteiger partial charge in [0.25, 0.3) is 5.91 Å². The first-order valence-electron chi connectivity index (χ1n) is 10.5.